The Morgan fingerprint density at radius 3 is 2.36 bits per heavy atom. The first kappa shape index (κ1) is 10.2. The number of rotatable bonds is 1. The van der Waals surface area contributed by atoms with Gasteiger partial charge in [-0.3, -0.25) is 0 Å². The number of aryl methyl sites for hydroxylation is 1. The van der Waals surface area contributed by atoms with E-state index >= 15 is 0 Å². The minimum atomic E-state index is 0.778. The van der Waals surface area contributed by atoms with Crippen LogP contribution in [0.15, 0.2) is 34.1 Å². The van der Waals surface area contributed by atoms with Crippen LogP contribution in [0.3, 0.4) is 0 Å². The number of benzene rings is 1. The van der Waals surface area contributed by atoms with Gasteiger partial charge in [-0.25, -0.2) is 0 Å². The second-order valence-electron chi connectivity index (χ2n) is 3.03. The maximum atomic E-state index is 5.84. The molecule has 2 aromatic rings. The minimum Gasteiger partial charge on any atom is -0.133 e. The largest absolute Gasteiger partial charge is 0.133 e. The predicted molar refractivity (Wildman–Crippen MR) is 67.2 cm³/mol. The van der Waals surface area contributed by atoms with Crippen molar-refractivity contribution in [1.82, 2.24) is 0 Å². The molecule has 0 aliphatic carbocycles. The Hall–Kier alpha value is -0.310. The van der Waals surface area contributed by atoms with Gasteiger partial charge in [0.1, 0.15) is 0 Å². The quantitative estimate of drug-likeness (QED) is 0.681. The molecule has 1 aromatic heterocycles. The Morgan fingerprint density at radius 2 is 1.86 bits per heavy atom. The second-order valence-corrected chi connectivity index (χ2v) is 6.10. The van der Waals surface area contributed by atoms with Crippen molar-refractivity contribution >= 4 is 38.9 Å². The highest BCUT2D eigenvalue weighted by molar-refractivity contribution is 9.11. The molecule has 0 atom stereocenters. The van der Waals surface area contributed by atoms with Gasteiger partial charge in [0.25, 0.3) is 0 Å². The van der Waals surface area contributed by atoms with E-state index in [4.69, 9.17) is 11.6 Å². The van der Waals surface area contributed by atoms with Crippen LogP contribution >= 0.6 is 38.9 Å². The summed E-state index contributed by atoms with van der Waals surface area (Å²) in [7, 11) is 0. The van der Waals surface area contributed by atoms with Crippen LogP contribution in [0.1, 0.15) is 4.88 Å². The van der Waals surface area contributed by atoms with Gasteiger partial charge in [0.15, 0.2) is 0 Å². The lowest BCUT2D eigenvalue weighted by Crippen LogP contribution is -1.75. The lowest BCUT2D eigenvalue weighted by molar-refractivity contribution is 1.58. The number of hydrogen-bond acceptors (Lipinski definition) is 1. The molecule has 0 aliphatic heterocycles. The summed E-state index contributed by atoms with van der Waals surface area (Å²) in [5, 5.41) is 0.778. The smallest absolute Gasteiger partial charge is 0.0707 e. The van der Waals surface area contributed by atoms with E-state index in [9.17, 15) is 0 Å². The third-order valence-electron chi connectivity index (χ3n) is 2.04. The molecule has 14 heavy (non-hydrogen) atoms. The molecular formula is C11H8BrClS. The van der Waals surface area contributed by atoms with Crippen molar-refractivity contribution in [2.24, 2.45) is 0 Å². The molecule has 0 radical (unpaired) electrons. The first-order chi connectivity index (χ1) is 6.66. The van der Waals surface area contributed by atoms with Crippen molar-refractivity contribution in [2.45, 2.75) is 6.92 Å². The van der Waals surface area contributed by atoms with E-state index in [-0.39, 0.29) is 0 Å². The highest BCUT2D eigenvalue weighted by Crippen LogP contribution is 2.34. The summed E-state index contributed by atoms with van der Waals surface area (Å²) in [4.78, 5) is 1.32. The standard InChI is InChI=1S/C11H8BrClS/c1-7-10(6-11(12)14-7)8-2-4-9(13)5-3-8/h2-6H,1H3. The minimum absolute atomic E-state index is 0.778. The highest BCUT2D eigenvalue weighted by Gasteiger charge is 2.05. The monoisotopic (exact) mass is 286 g/mol. The molecule has 0 unspecified atom stereocenters. The van der Waals surface area contributed by atoms with Crippen LogP contribution in [0, 0.1) is 6.92 Å². The molecule has 0 saturated heterocycles. The lowest BCUT2D eigenvalue weighted by atomic mass is 10.1. The lowest BCUT2D eigenvalue weighted by Gasteiger charge is -1.99. The third kappa shape index (κ3) is 2.02. The van der Waals surface area contributed by atoms with Gasteiger partial charge in [0.2, 0.25) is 0 Å². The van der Waals surface area contributed by atoms with Crippen molar-refractivity contribution in [3.8, 4) is 11.1 Å². The van der Waals surface area contributed by atoms with Crippen molar-refractivity contribution < 1.29 is 0 Å². The van der Waals surface area contributed by atoms with Crippen LogP contribution in [0.2, 0.25) is 5.02 Å². The van der Waals surface area contributed by atoms with E-state index in [1.54, 1.807) is 11.3 Å². The summed E-state index contributed by atoms with van der Waals surface area (Å²) >= 11 is 11.1. The van der Waals surface area contributed by atoms with Crippen molar-refractivity contribution in [2.75, 3.05) is 0 Å². The molecule has 0 saturated carbocycles. The number of hydrogen-bond donors (Lipinski definition) is 0. The molecule has 0 aliphatic rings. The van der Waals surface area contributed by atoms with E-state index < -0.39 is 0 Å². The third-order valence-corrected chi connectivity index (χ3v) is 3.85. The number of halogens is 2. The molecule has 0 amide bonds. The fourth-order valence-electron chi connectivity index (χ4n) is 1.36. The van der Waals surface area contributed by atoms with Crippen LogP contribution in [0.25, 0.3) is 11.1 Å². The maximum absolute atomic E-state index is 5.84. The molecule has 0 N–H and O–H groups in total. The molecule has 0 bridgehead atoms. The van der Waals surface area contributed by atoms with Crippen LogP contribution in [0.4, 0.5) is 0 Å². The fourth-order valence-corrected chi connectivity index (χ4v) is 3.20. The number of thiophene rings is 1. The molecule has 3 heteroatoms. The Labute approximate surface area is 101 Å². The Balaban J connectivity index is 2.49. The Morgan fingerprint density at radius 1 is 1.21 bits per heavy atom. The fraction of sp³-hybridized carbons (Fsp3) is 0.0909. The van der Waals surface area contributed by atoms with Gasteiger partial charge in [-0.05, 0) is 52.2 Å². The Bertz CT molecular complexity index is 445. The summed E-state index contributed by atoms with van der Waals surface area (Å²) < 4.78 is 1.17. The van der Waals surface area contributed by atoms with Gasteiger partial charge in [-0.1, -0.05) is 23.7 Å². The van der Waals surface area contributed by atoms with Crippen molar-refractivity contribution in [1.29, 1.82) is 0 Å². The molecule has 2 rings (SSSR count). The second kappa shape index (κ2) is 4.05. The molecule has 0 spiro atoms. The average molecular weight is 288 g/mol. The van der Waals surface area contributed by atoms with Gasteiger partial charge >= 0.3 is 0 Å². The average Bonchev–Trinajstić information content (AvgIpc) is 2.47. The SMILES string of the molecule is Cc1sc(Br)cc1-c1ccc(Cl)cc1. The van der Waals surface area contributed by atoms with Gasteiger partial charge in [-0.15, -0.1) is 11.3 Å². The normalized spacial score (nSPS) is 10.5. The van der Waals surface area contributed by atoms with E-state index in [1.165, 1.54) is 19.8 Å². The predicted octanol–water partition coefficient (Wildman–Crippen LogP) is 5.14. The van der Waals surface area contributed by atoms with E-state index in [0.29, 0.717) is 0 Å². The first-order valence-electron chi connectivity index (χ1n) is 4.18. The zero-order valence-electron chi connectivity index (χ0n) is 7.55. The summed E-state index contributed by atoms with van der Waals surface area (Å²) in [5.41, 5.74) is 2.49. The summed E-state index contributed by atoms with van der Waals surface area (Å²) in [5.74, 6) is 0. The van der Waals surface area contributed by atoms with E-state index in [0.717, 1.165) is 5.02 Å². The summed E-state index contributed by atoms with van der Waals surface area (Å²) in [6, 6.07) is 10.1. The van der Waals surface area contributed by atoms with Gasteiger partial charge in [0, 0.05) is 9.90 Å². The molecule has 1 heterocycles. The first-order valence-corrected chi connectivity index (χ1v) is 6.17. The molecule has 0 fully saturated rings. The highest BCUT2D eigenvalue weighted by atomic mass is 79.9. The maximum Gasteiger partial charge on any atom is 0.0707 e. The van der Waals surface area contributed by atoms with E-state index in [1.807, 2.05) is 24.3 Å². The summed E-state index contributed by atoms with van der Waals surface area (Å²) in [6.45, 7) is 2.12. The van der Waals surface area contributed by atoms with Crippen LogP contribution in [0.5, 0.6) is 0 Å². The zero-order valence-corrected chi connectivity index (χ0v) is 10.7. The van der Waals surface area contributed by atoms with Crippen molar-refractivity contribution in [3.05, 3.63) is 44.0 Å². The topological polar surface area (TPSA) is 0 Å². The van der Waals surface area contributed by atoms with E-state index in [2.05, 4.69) is 28.9 Å². The molecule has 72 valence electrons. The van der Waals surface area contributed by atoms with Gasteiger partial charge in [-0.2, -0.15) is 0 Å². The zero-order chi connectivity index (χ0) is 10.1. The van der Waals surface area contributed by atoms with Gasteiger partial charge < -0.3 is 0 Å². The molecule has 0 nitrogen and oxygen atoms in total. The molecular weight excluding hydrogens is 280 g/mol. The summed E-state index contributed by atoms with van der Waals surface area (Å²) in [6.07, 6.45) is 0. The van der Waals surface area contributed by atoms with Crippen LogP contribution in [-0.4, -0.2) is 0 Å². The van der Waals surface area contributed by atoms with Crippen LogP contribution < -0.4 is 0 Å². The van der Waals surface area contributed by atoms with Crippen LogP contribution in [-0.2, 0) is 0 Å². The van der Waals surface area contributed by atoms with Gasteiger partial charge in [0.05, 0.1) is 3.79 Å². The van der Waals surface area contributed by atoms with Crippen molar-refractivity contribution in [3.63, 3.8) is 0 Å². The Kier molecular flexibility index (Phi) is 2.96. The molecule has 1 aromatic carbocycles.